The fraction of sp³-hybridized carbons (Fsp3) is 0.200. The van der Waals surface area contributed by atoms with E-state index in [2.05, 4.69) is 25.3 Å². The maximum atomic E-state index is 13.5. The van der Waals surface area contributed by atoms with Crippen LogP contribution in [0.3, 0.4) is 0 Å². The third-order valence-electron chi connectivity index (χ3n) is 4.42. The number of hydrogen-bond acceptors (Lipinski definition) is 9. The molecule has 0 unspecified atom stereocenters. The van der Waals surface area contributed by atoms with Crippen molar-refractivity contribution in [3.05, 3.63) is 65.1 Å². The predicted molar refractivity (Wildman–Crippen MR) is 119 cm³/mol. The van der Waals surface area contributed by atoms with Gasteiger partial charge >= 0.3 is 0 Å². The van der Waals surface area contributed by atoms with Gasteiger partial charge in [0.15, 0.2) is 26.4 Å². The topological polar surface area (TPSA) is 147 Å². The lowest BCUT2D eigenvalue weighted by Crippen LogP contribution is -2.26. The highest BCUT2D eigenvalue weighted by Gasteiger charge is 2.19. The number of alkyl halides is 2. The molecule has 0 saturated carbocycles. The van der Waals surface area contributed by atoms with E-state index in [1.807, 2.05) is 0 Å². The van der Waals surface area contributed by atoms with E-state index >= 15 is 0 Å². The number of carbonyl (C=O) groups excluding carboxylic acids is 1. The number of nitrogens with zero attached hydrogens (tertiary/aromatic N) is 3. The smallest absolute Gasteiger partial charge is 0.266 e. The average molecular weight is 530 g/mol. The molecule has 0 spiro atoms. The molecular weight excluding hydrogens is 511 g/mol. The molecule has 186 valence electrons. The Hall–Kier alpha value is -3.43. The lowest BCUT2D eigenvalue weighted by atomic mass is 10.2. The third-order valence-corrected chi connectivity index (χ3v) is 6.49. The maximum Gasteiger partial charge on any atom is 0.266 e. The monoisotopic (exact) mass is 529 g/mol. The van der Waals surface area contributed by atoms with Crippen molar-refractivity contribution in [1.82, 2.24) is 21.1 Å². The lowest BCUT2D eigenvalue weighted by molar-refractivity contribution is 0.0956. The number of carbonyl (C=O) groups is 1. The summed E-state index contributed by atoms with van der Waals surface area (Å²) in [6.45, 7) is 0.179. The van der Waals surface area contributed by atoms with Gasteiger partial charge in [-0.15, -0.1) is 0 Å². The molecule has 1 aromatic heterocycles. The van der Waals surface area contributed by atoms with Crippen LogP contribution < -0.4 is 10.8 Å². The quantitative estimate of drug-likeness (QED) is 0.125. The largest absolute Gasteiger partial charge is 0.351 e. The molecule has 1 amide bonds. The van der Waals surface area contributed by atoms with Crippen molar-refractivity contribution < 1.29 is 36.2 Å². The van der Waals surface area contributed by atoms with Crippen molar-refractivity contribution in [2.24, 2.45) is 4.99 Å². The molecule has 3 N–H and O–H groups in total. The maximum absolute atomic E-state index is 13.5. The van der Waals surface area contributed by atoms with E-state index < -0.39 is 33.6 Å². The Morgan fingerprint density at radius 3 is 2.54 bits per heavy atom. The normalized spacial score (nSPS) is 12.1. The Morgan fingerprint density at radius 1 is 1.20 bits per heavy atom. The van der Waals surface area contributed by atoms with E-state index in [4.69, 9.17) is 0 Å². The Kier molecular flexibility index (Phi) is 8.48. The Balaban J connectivity index is 1.62. The molecular formula is C20H18F3N5O5S2. The molecule has 15 heteroatoms. The molecule has 1 heterocycles. The minimum Gasteiger partial charge on any atom is -0.351 e. The molecule has 3 rings (SSSR count). The van der Waals surface area contributed by atoms with E-state index in [9.17, 15) is 31.6 Å². The van der Waals surface area contributed by atoms with E-state index in [1.165, 1.54) is 24.3 Å². The van der Waals surface area contributed by atoms with Crippen LogP contribution in [0.15, 0.2) is 62.0 Å². The number of rotatable bonds is 9. The van der Waals surface area contributed by atoms with Crippen molar-refractivity contribution in [2.45, 2.75) is 16.3 Å². The van der Waals surface area contributed by atoms with Crippen LogP contribution in [0.4, 0.5) is 18.9 Å². The number of amidine groups is 1. The molecule has 0 aliphatic rings. The second-order valence-electron chi connectivity index (χ2n) is 6.90. The van der Waals surface area contributed by atoms with Crippen LogP contribution in [0.2, 0.25) is 0 Å². The molecule has 0 bridgehead atoms. The van der Waals surface area contributed by atoms with Crippen molar-refractivity contribution in [2.75, 3.05) is 18.6 Å². The van der Waals surface area contributed by atoms with Crippen LogP contribution in [0.25, 0.3) is 0 Å². The Bertz CT molecular complexity index is 1330. The predicted octanol–water partition coefficient (Wildman–Crippen LogP) is 3.13. The van der Waals surface area contributed by atoms with Crippen LogP contribution >= 0.6 is 11.8 Å². The van der Waals surface area contributed by atoms with E-state index in [1.54, 1.807) is 5.48 Å². The molecule has 2 aromatic carbocycles. The highest BCUT2D eigenvalue weighted by Crippen LogP contribution is 2.27. The molecule has 0 atom stereocenters. The number of thioether (sulfide) groups is 1. The number of aliphatic imine (C=N–C) groups is 1. The number of amides is 1. The fourth-order valence-electron chi connectivity index (χ4n) is 2.72. The summed E-state index contributed by atoms with van der Waals surface area (Å²) in [5.74, 6) is -1.51. The first-order chi connectivity index (χ1) is 16.6. The summed E-state index contributed by atoms with van der Waals surface area (Å²) in [5.41, 5.74) is 1.09. The highest BCUT2D eigenvalue weighted by molar-refractivity contribution is 7.99. The highest BCUT2D eigenvalue weighted by atomic mass is 32.2. The van der Waals surface area contributed by atoms with Gasteiger partial charge in [0.05, 0.1) is 16.1 Å². The van der Waals surface area contributed by atoms with E-state index in [-0.39, 0.29) is 39.2 Å². The van der Waals surface area contributed by atoms with Crippen LogP contribution in [0.1, 0.15) is 28.0 Å². The van der Waals surface area contributed by atoms with Gasteiger partial charge < -0.3 is 5.32 Å². The first-order valence-electron chi connectivity index (χ1n) is 9.70. The van der Waals surface area contributed by atoms with Crippen molar-refractivity contribution in [3.63, 3.8) is 0 Å². The van der Waals surface area contributed by atoms with Crippen molar-refractivity contribution in [1.29, 1.82) is 0 Å². The summed E-state index contributed by atoms with van der Waals surface area (Å²) in [5, 5.41) is 19.6. The number of nitrogens with one attached hydrogen (secondary N) is 2. The zero-order chi connectivity index (χ0) is 25.6. The summed E-state index contributed by atoms with van der Waals surface area (Å²) in [6.07, 6.45) is -1.99. The number of sulfone groups is 1. The zero-order valence-electron chi connectivity index (χ0n) is 17.9. The van der Waals surface area contributed by atoms with Gasteiger partial charge in [-0.2, -0.15) is 0 Å². The van der Waals surface area contributed by atoms with Gasteiger partial charge in [-0.05, 0) is 52.8 Å². The van der Waals surface area contributed by atoms with E-state index in [0.29, 0.717) is 5.75 Å². The number of hydrogen-bond donors (Lipinski definition) is 3. The zero-order valence-corrected chi connectivity index (χ0v) is 19.5. The summed E-state index contributed by atoms with van der Waals surface area (Å²) in [6, 6.07) is 8.24. The summed E-state index contributed by atoms with van der Waals surface area (Å²) in [7, 11) is -3.37. The summed E-state index contributed by atoms with van der Waals surface area (Å²) in [4.78, 5) is 16.3. The van der Waals surface area contributed by atoms with Gasteiger partial charge in [0.25, 0.3) is 12.3 Å². The first kappa shape index (κ1) is 26.2. The molecule has 0 saturated heterocycles. The van der Waals surface area contributed by atoms with Crippen LogP contribution in [-0.4, -0.2) is 54.2 Å². The number of aromatic nitrogens is 2. The van der Waals surface area contributed by atoms with Crippen LogP contribution in [0, 0.1) is 5.82 Å². The minimum absolute atomic E-state index is 0.0388. The van der Waals surface area contributed by atoms with Gasteiger partial charge in [-0.25, -0.2) is 31.2 Å². The number of hydroxylamine groups is 1. The fourth-order valence-corrected chi connectivity index (χ4v) is 4.10. The van der Waals surface area contributed by atoms with Gasteiger partial charge in [0.2, 0.25) is 0 Å². The lowest BCUT2D eigenvalue weighted by Gasteiger charge is -2.07. The molecule has 35 heavy (non-hydrogen) atoms. The van der Waals surface area contributed by atoms with Crippen LogP contribution in [-0.2, 0) is 9.84 Å². The average Bonchev–Trinajstić information content (AvgIpc) is 3.28. The molecule has 0 aliphatic carbocycles. The van der Waals surface area contributed by atoms with Gasteiger partial charge in [-0.1, -0.05) is 11.8 Å². The van der Waals surface area contributed by atoms with Crippen molar-refractivity contribution >= 4 is 39.0 Å². The molecule has 0 fully saturated rings. The molecule has 3 aromatic rings. The Labute approximate surface area is 201 Å². The van der Waals surface area contributed by atoms with Crippen molar-refractivity contribution in [3.8, 4) is 0 Å². The minimum atomic E-state index is -3.37. The van der Waals surface area contributed by atoms with Gasteiger partial charge in [-0.3, -0.25) is 15.5 Å². The molecule has 0 radical (unpaired) electrons. The summed E-state index contributed by atoms with van der Waals surface area (Å²) < 4.78 is 67.0. The van der Waals surface area contributed by atoms with Gasteiger partial charge in [0.1, 0.15) is 5.82 Å². The van der Waals surface area contributed by atoms with Gasteiger partial charge in [0, 0.05) is 24.1 Å². The second-order valence-corrected chi connectivity index (χ2v) is 10.00. The first-order valence-corrected chi connectivity index (χ1v) is 12.6. The number of benzene rings is 2. The standard InChI is InChI=1S/C20H18F3N5O5S2/c1-35(31,32)13-5-2-11(3-6-13)19(29)24-8-9-34-20-16(27-33-28-20)18(26-30)25-12-4-7-15(21)14(10-12)17(22)23/h2-7,10,17,30H,8-9H2,1H3,(H,24,29)(H,25,26). The SMILES string of the molecule is CS(=O)(=O)c1ccc(C(=O)NCCSc2nonc2C(=Nc2ccc(F)c(C(F)F)c2)NO)cc1. The Morgan fingerprint density at radius 2 is 1.91 bits per heavy atom. The van der Waals surface area contributed by atoms with Crippen LogP contribution in [0.5, 0.6) is 0 Å². The molecule has 10 nitrogen and oxygen atoms in total. The second kappa shape index (κ2) is 11.3. The summed E-state index contributed by atoms with van der Waals surface area (Å²) >= 11 is 1.09. The third kappa shape index (κ3) is 6.80. The number of halogens is 3. The molecule has 0 aliphatic heterocycles. The van der Waals surface area contributed by atoms with E-state index in [0.717, 1.165) is 36.2 Å².